The fourth-order valence-corrected chi connectivity index (χ4v) is 6.26. The molecule has 3 aromatic rings. The van der Waals surface area contributed by atoms with Crippen LogP contribution in [0, 0.1) is 25.7 Å². The van der Waals surface area contributed by atoms with Gasteiger partial charge in [-0.2, -0.15) is 0 Å². The second-order valence-corrected chi connectivity index (χ2v) is 12.7. The Balaban J connectivity index is 1.97. The van der Waals surface area contributed by atoms with Gasteiger partial charge in [0.15, 0.2) is 11.9 Å². The number of nitrogens with one attached hydrogen (secondary N) is 1. The molecule has 0 bridgehead atoms. The van der Waals surface area contributed by atoms with Crippen LogP contribution in [0.25, 0.3) is 11.1 Å². The first kappa shape index (κ1) is 30.0. The minimum absolute atomic E-state index is 0.0486. The summed E-state index contributed by atoms with van der Waals surface area (Å²) in [7, 11) is -2.19. The van der Waals surface area contributed by atoms with Crippen LogP contribution in [0.5, 0.6) is 0 Å². The molecule has 210 valence electrons. The summed E-state index contributed by atoms with van der Waals surface area (Å²) >= 11 is 0. The molecule has 3 rings (SSSR count). The number of sulfonamides is 1. The van der Waals surface area contributed by atoms with Crippen molar-refractivity contribution in [2.45, 2.75) is 65.4 Å². The highest BCUT2D eigenvalue weighted by molar-refractivity contribution is 7.92. The molecular formula is C29H39N4O5S+. The van der Waals surface area contributed by atoms with Crippen molar-refractivity contribution in [1.82, 2.24) is 5.16 Å². The molecule has 0 aliphatic rings. The van der Waals surface area contributed by atoms with Gasteiger partial charge < -0.3 is 10.3 Å². The zero-order chi connectivity index (χ0) is 29.1. The van der Waals surface area contributed by atoms with Crippen molar-refractivity contribution in [3.8, 4) is 11.1 Å². The Bertz CT molecular complexity index is 1440. The topological polar surface area (TPSA) is 132 Å². The van der Waals surface area contributed by atoms with E-state index >= 15 is 0 Å². The summed E-state index contributed by atoms with van der Waals surface area (Å²) in [5.74, 6) is 0.123. The zero-order valence-corrected chi connectivity index (χ0v) is 24.5. The van der Waals surface area contributed by atoms with Crippen LogP contribution < -0.4 is 10.5 Å². The molecule has 0 radical (unpaired) electrons. The maximum absolute atomic E-state index is 13.4. The van der Waals surface area contributed by atoms with E-state index in [1.54, 1.807) is 39.1 Å². The van der Waals surface area contributed by atoms with E-state index in [4.69, 9.17) is 10.3 Å². The van der Waals surface area contributed by atoms with Gasteiger partial charge in [0, 0.05) is 22.6 Å². The van der Waals surface area contributed by atoms with Crippen molar-refractivity contribution in [3.05, 3.63) is 65.4 Å². The second-order valence-electron chi connectivity index (χ2n) is 11.0. The van der Waals surface area contributed by atoms with Gasteiger partial charge in [0.2, 0.25) is 0 Å². The summed E-state index contributed by atoms with van der Waals surface area (Å²) in [4.78, 5) is 26.0. The van der Waals surface area contributed by atoms with Crippen LogP contribution in [0.4, 0.5) is 5.82 Å². The zero-order valence-electron chi connectivity index (χ0n) is 23.7. The number of hydrogen-bond acceptors (Lipinski definition) is 6. The average Bonchev–Trinajstić information content (AvgIpc) is 3.15. The number of anilines is 1. The molecule has 3 N–H and O–H groups in total. The molecule has 1 unspecified atom stereocenters. The molecule has 0 aliphatic heterocycles. The number of nitrogens with zero attached hydrogens (tertiary/aromatic N) is 2. The molecule has 1 aromatic heterocycles. The Labute approximate surface area is 231 Å². The molecule has 10 heteroatoms. The van der Waals surface area contributed by atoms with Gasteiger partial charge in [-0.15, -0.1) is 0 Å². The fraction of sp³-hybridized carbons (Fsp3) is 0.414. The van der Waals surface area contributed by atoms with Crippen LogP contribution in [-0.2, 0) is 26.2 Å². The smallest absolute Gasteiger partial charge is 0.314 e. The third kappa shape index (κ3) is 6.57. The van der Waals surface area contributed by atoms with E-state index in [-0.39, 0.29) is 39.5 Å². The number of aromatic nitrogens is 1. The number of rotatable bonds is 11. The molecule has 1 heterocycles. The first-order chi connectivity index (χ1) is 18.2. The Morgan fingerprint density at radius 3 is 2.15 bits per heavy atom. The quantitative estimate of drug-likeness (QED) is 0.327. The van der Waals surface area contributed by atoms with E-state index in [1.807, 2.05) is 52.0 Å². The van der Waals surface area contributed by atoms with Crippen molar-refractivity contribution in [3.63, 3.8) is 0 Å². The summed E-state index contributed by atoms with van der Waals surface area (Å²) in [6, 6.07) is 13.4. The maximum atomic E-state index is 13.4. The van der Waals surface area contributed by atoms with Crippen LogP contribution in [-0.4, -0.2) is 43.0 Å². The summed E-state index contributed by atoms with van der Waals surface area (Å²) in [5.41, 5.74) is 8.43. The number of primary amides is 1. The molecule has 2 amide bonds. The normalized spacial score (nSPS) is 14.3. The molecule has 2 aromatic carbocycles. The lowest BCUT2D eigenvalue weighted by atomic mass is 9.95. The molecule has 0 aliphatic carbocycles. The van der Waals surface area contributed by atoms with Gasteiger partial charge in [0.05, 0.1) is 18.4 Å². The summed E-state index contributed by atoms with van der Waals surface area (Å²) in [6.07, 6.45) is 0.327. The number of carbonyl (C=O) groups is 2. The van der Waals surface area contributed by atoms with Crippen LogP contribution in [0.15, 0.2) is 57.9 Å². The van der Waals surface area contributed by atoms with Gasteiger partial charge in [0.1, 0.15) is 12.3 Å². The first-order valence-corrected chi connectivity index (χ1v) is 14.5. The first-order valence-electron chi connectivity index (χ1n) is 13.0. The van der Waals surface area contributed by atoms with Crippen LogP contribution in [0.2, 0.25) is 0 Å². The Morgan fingerprint density at radius 2 is 1.64 bits per heavy atom. The number of quaternary nitrogens is 1. The minimum atomic E-state index is -3.96. The van der Waals surface area contributed by atoms with Gasteiger partial charge >= 0.3 is 5.91 Å². The Morgan fingerprint density at radius 1 is 1.03 bits per heavy atom. The number of nitrogens with two attached hydrogens (primary N) is 1. The van der Waals surface area contributed by atoms with E-state index in [1.165, 1.54) is 6.07 Å². The summed E-state index contributed by atoms with van der Waals surface area (Å²) in [5, 5.41) is 3.82. The average molecular weight is 556 g/mol. The molecule has 0 spiro atoms. The van der Waals surface area contributed by atoms with E-state index in [9.17, 15) is 18.0 Å². The van der Waals surface area contributed by atoms with Gasteiger partial charge in [-0.3, -0.25) is 9.52 Å². The van der Waals surface area contributed by atoms with Gasteiger partial charge in [-0.05, 0) is 31.4 Å². The van der Waals surface area contributed by atoms with Crippen LogP contribution in [0.1, 0.15) is 51.0 Å². The van der Waals surface area contributed by atoms with E-state index in [0.717, 1.165) is 5.56 Å². The number of amides is 2. The Kier molecular flexibility index (Phi) is 9.02. The molecule has 39 heavy (non-hydrogen) atoms. The molecule has 9 nitrogen and oxygen atoms in total. The Hall–Kier alpha value is -3.50. The number of aryl methyl sites for hydroxylation is 1. The third-order valence-electron chi connectivity index (χ3n) is 7.03. The molecular weight excluding hydrogens is 516 g/mol. The SMILES string of the molecule is Cc1onc(NS(=O)(=O)c2ccccc2-c2ccc(C[N+](C)(C(=O)CC(C)C)[C@H](C(N)=O)C(C)C)cc2)c1C. The lowest BCUT2D eigenvalue weighted by Crippen LogP contribution is -2.62. The second kappa shape index (κ2) is 11.7. The van der Waals surface area contributed by atoms with Crippen molar-refractivity contribution >= 4 is 27.7 Å². The molecule has 0 fully saturated rings. The van der Waals surface area contributed by atoms with Crippen LogP contribution in [0.3, 0.4) is 0 Å². The third-order valence-corrected chi connectivity index (χ3v) is 8.43. The number of likely N-dealkylation sites (N-methyl/N-ethyl adjacent to an activating group) is 1. The predicted molar refractivity (Wildman–Crippen MR) is 151 cm³/mol. The predicted octanol–water partition coefficient (Wildman–Crippen LogP) is 4.79. The number of benzene rings is 2. The van der Waals surface area contributed by atoms with E-state index in [2.05, 4.69) is 9.88 Å². The summed E-state index contributed by atoms with van der Waals surface area (Å²) in [6.45, 7) is 11.4. The lowest BCUT2D eigenvalue weighted by Gasteiger charge is -2.40. The molecule has 2 atom stereocenters. The van der Waals surface area contributed by atoms with Crippen LogP contribution >= 0.6 is 0 Å². The largest absolute Gasteiger partial charge is 0.364 e. The maximum Gasteiger partial charge on any atom is 0.314 e. The van der Waals surface area contributed by atoms with E-state index < -0.39 is 22.0 Å². The molecule has 0 saturated heterocycles. The molecule has 0 saturated carbocycles. The fourth-order valence-electron chi connectivity index (χ4n) is 4.97. The monoisotopic (exact) mass is 555 g/mol. The van der Waals surface area contributed by atoms with Crippen molar-refractivity contribution < 1.29 is 27.0 Å². The van der Waals surface area contributed by atoms with Crippen molar-refractivity contribution in [1.29, 1.82) is 0 Å². The van der Waals surface area contributed by atoms with Gasteiger partial charge in [0.25, 0.3) is 15.9 Å². The minimum Gasteiger partial charge on any atom is -0.364 e. The van der Waals surface area contributed by atoms with Crippen molar-refractivity contribution in [2.75, 3.05) is 11.8 Å². The highest BCUT2D eigenvalue weighted by atomic mass is 32.2. The van der Waals surface area contributed by atoms with Crippen molar-refractivity contribution in [2.24, 2.45) is 17.6 Å². The highest BCUT2D eigenvalue weighted by Gasteiger charge is 2.45. The standard InChI is InChI=1S/C29H38N4O5S/c1-18(2)16-26(34)33(7,27(19(3)4)28(30)35)17-22-12-14-23(15-13-22)24-10-8-9-11-25(24)39(36,37)32-29-20(5)21(6)38-31-29/h8-15,18-19,27H,16-17H2,1-7H3,(H2-,30,31,32,35)/p+1/t27-,33?/m0/s1. The number of carbonyl (C=O) groups excluding carboxylic acids is 2. The number of hydrogen-bond donors (Lipinski definition) is 2. The highest BCUT2D eigenvalue weighted by Crippen LogP contribution is 2.31. The van der Waals surface area contributed by atoms with Gasteiger partial charge in [-0.1, -0.05) is 75.3 Å². The lowest BCUT2D eigenvalue weighted by molar-refractivity contribution is -0.868. The van der Waals surface area contributed by atoms with Gasteiger partial charge in [-0.25, -0.2) is 17.7 Å². The van der Waals surface area contributed by atoms with E-state index in [0.29, 0.717) is 28.9 Å². The summed E-state index contributed by atoms with van der Waals surface area (Å²) < 4.78 is 34.1.